The van der Waals surface area contributed by atoms with Crippen molar-refractivity contribution in [3.63, 3.8) is 0 Å². The molecule has 0 bridgehead atoms. The highest BCUT2D eigenvalue weighted by atomic mass is 35.5. The maximum absolute atomic E-state index is 13.4. The number of anilines is 1. The van der Waals surface area contributed by atoms with Gasteiger partial charge in [0.15, 0.2) is 0 Å². The lowest BCUT2D eigenvalue weighted by Crippen LogP contribution is -2.32. The van der Waals surface area contributed by atoms with Gasteiger partial charge in [0.25, 0.3) is 0 Å². The van der Waals surface area contributed by atoms with Crippen LogP contribution in [-0.2, 0) is 0 Å². The highest BCUT2D eigenvalue weighted by Gasteiger charge is 2.19. The minimum atomic E-state index is -0.320. The first kappa shape index (κ1) is 19.0. The number of carbonyl (C=O) groups excluding carboxylic acids is 1. The minimum Gasteiger partial charge on any atom is -0.361 e. The molecular weight excluding hydrogens is 389 g/mol. The van der Waals surface area contributed by atoms with Crippen molar-refractivity contribution < 1.29 is 9.18 Å². The predicted octanol–water partition coefficient (Wildman–Crippen LogP) is 5.91. The first-order chi connectivity index (χ1) is 14.1. The van der Waals surface area contributed by atoms with E-state index < -0.39 is 0 Å². The Morgan fingerprint density at radius 2 is 1.72 bits per heavy atom. The number of para-hydroxylation sites is 1. The Hall–Kier alpha value is -3.31. The van der Waals surface area contributed by atoms with Crippen molar-refractivity contribution in [1.82, 2.24) is 10.3 Å². The van der Waals surface area contributed by atoms with Gasteiger partial charge in [-0.3, -0.25) is 0 Å². The zero-order valence-electron chi connectivity index (χ0n) is 15.5. The number of nitrogens with one attached hydrogen (secondary N) is 3. The molecule has 4 nitrogen and oxygen atoms in total. The summed E-state index contributed by atoms with van der Waals surface area (Å²) in [4.78, 5) is 15.7. The molecule has 3 N–H and O–H groups in total. The number of aromatic amines is 1. The lowest BCUT2D eigenvalue weighted by molar-refractivity contribution is 0.252. The molecule has 0 saturated carbocycles. The molecule has 1 heterocycles. The second kappa shape index (κ2) is 8.37. The van der Waals surface area contributed by atoms with Crippen LogP contribution in [0.2, 0.25) is 5.02 Å². The van der Waals surface area contributed by atoms with Crippen LogP contribution in [0.5, 0.6) is 0 Å². The van der Waals surface area contributed by atoms with Gasteiger partial charge in [-0.2, -0.15) is 0 Å². The van der Waals surface area contributed by atoms with E-state index in [-0.39, 0.29) is 17.8 Å². The van der Waals surface area contributed by atoms with E-state index >= 15 is 0 Å². The molecule has 2 amide bonds. The summed E-state index contributed by atoms with van der Waals surface area (Å²) in [6.45, 7) is 0.354. The quantitative estimate of drug-likeness (QED) is 0.378. The standard InChI is InChI=1S/C23H19ClFN3O/c24-16-7-11-18(12-8-16)28-23(29)27-13-20(15-5-9-17(25)10-6-15)21-14-26-22-4-2-1-3-19(21)22/h1-12,14,20,26H,13H2,(H2,27,28,29)/t20-/m0/s1. The van der Waals surface area contributed by atoms with Crippen molar-refractivity contribution in [3.8, 4) is 0 Å². The highest BCUT2D eigenvalue weighted by molar-refractivity contribution is 6.30. The summed E-state index contributed by atoms with van der Waals surface area (Å²) in [6.07, 6.45) is 1.94. The maximum Gasteiger partial charge on any atom is 0.319 e. The van der Waals surface area contributed by atoms with Crippen LogP contribution in [0, 0.1) is 5.82 Å². The second-order valence-corrected chi connectivity index (χ2v) is 7.17. The molecule has 29 heavy (non-hydrogen) atoms. The van der Waals surface area contributed by atoms with Crippen LogP contribution in [0.15, 0.2) is 79.0 Å². The van der Waals surface area contributed by atoms with Gasteiger partial charge in [0.05, 0.1) is 0 Å². The molecule has 0 saturated heterocycles. The van der Waals surface area contributed by atoms with E-state index in [9.17, 15) is 9.18 Å². The Balaban J connectivity index is 1.56. The van der Waals surface area contributed by atoms with E-state index in [1.807, 2.05) is 30.5 Å². The van der Waals surface area contributed by atoms with Gasteiger partial charge in [0, 0.05) is 40.3 Å². The lowest BCUT2D eigenvalue weighted by Gasteiger charge is -2.18. The highest BCUT2D eigenvalue weighted by Crippen LogP contribution is 2.30. The van der Waals surface area contributed by atoms with E-state index in [0.717, 1.165) is 22.0 Å². The number of rotatable bonds is 5. The Kier molecular flexibility index (Phi) is 5.49. The van der Waals surface area contributed by atoms with Crippen molar-refractivity contribution in [2.24, 2.45) is 0 Å². The number of halogens is 2. The minimum absolute atomic E-state index is 0.136. The summed E-state index contributed by atoms with van der Waals surface area (Å²) in [5.41, 5.74) is 3.62. The van der Waals surface area contributed by atoms with Gasteiger partial charge >= 0.3 is 6.03 Å². The van der Waals surface area contributed by atoms with Gasteiger partial charge in [-0.05, 0) is 53.6 Å². The van der Waals surface area contributed by atoms with Crippen LogP contribution in [0.25, 0.3) is 10.9 Å². The molecule has 1 atom stereocenters. The van der Waals surface area contributed by atoms with E-state index in [2.05, 4.69) is 15.6 Å². The van der Waals surface area contributed by atoms with Crippen LogP contribution >= 0.6 is 11.6 Å². The number of hydrogen-bond donors (Lipinski definition) is 3. The van der Waals surface area contributed by atoms with Gasteiger partial charge in [-0.25, -0.2) is 9.18 Å². The first-order valence-corrected chi connectivity index (χ1v) is 9.60. The maximum atomic E-state index is 13.4. The normalized spacial score (nSPS) is 11.9. The van der Waals surface area contributed by atoms with Crippen molar-refractivity contribution in [2.45, 2.75) is 5.92 Å². The molecule has 0 aliphatic rings. The third-order valence-corrected chi connectivity index (χ3v) is 5.09. The topological polar surface area (TPSA) is 56.9 Å². The van der Waals surface area contributed by atoms with Crippen LogP contribution in [0.3, 0.4) is 0 Å². The molecule has 3 aromatic carbocycles. The molecule has 0 aliphatic carbocycles. The lowest BCUT2D eigenvalue weighted by atomic mass is 9.91. The number of urea groups is 1. The number of carbonyl (C=O) groups is 1. The zero-order valence-corrected chi connectivity index (χ0v) is 16.2. The largest absolute Gasteiger partial charge is 0.361 e. The summed E-state index contributed by atoms with van der Waals surface area (Å²) in [5, 5.41) is 7.39. The molecule has 1 aromatic heterocycles. The fourth-order valence-corrected chi connectivity index (χ4v) is 3.51. The molecule has 0 unspecified atom stereocenters. The molecule has 0 spiro atoms. The molecule has 4 aromatic rings. The van der Waals surface area contributed by atoms with Gasteiger partial charge in [-0.15, -0.1) is 0 Å². The van der Waals surface area contributed by atoms with Crippen LogP contribution < -0.4 is 10.6 Å². The summed E-state index contributed by atoms with van der Waals surface area (Å²) < 4.78 is 13.4. The average Bonchev–Trinajstić information content (AvgIpc) is 3.15. The number of amides is 2. The Morgan fingerprint density at radius 3 is 2.48 bits per heavy atom. The Labute approximate surface area is 172 Å². The smallest absolute Gasteiger partial charge is 0.319 e. The molecule has 0 radical (unpaired) electrons. The van der Waals surface area contributed by atoms with Crippen LogP contribution in [0.1, 0.15) is 17.0 Å². The van der Waals surface area contributed by atoms with E-state index in [0.29, 0.717) is 17.3 Å². The Bertz CT molecular complexity index is 1120. The summed E-state index contributed by atoms with van der Waals surface area (Å²) in [7, 11) is 0. The number of H-pyrrole nitrogens is 1. The molecule has 146 valence electrons. The fourth-order valence-electron chi connectivity index (χ4n) is 3.39. The van der Waals surface area contributed by atoms with Gasteiger partial charge in [0.2, 0.25) is 0 Å². The summed E-state index contributed by atoms with van der Waals surface area (Å²) in [5.74, 6) is -0.428. The number of hydrogen-bond acceptors (Lipinski definition) is 1. The van der Waals surface area contributed by atoms with Crippen LogP contribution in [-0.4, -0.2) is 17.6 Å². The third-order valence-electron chi connectivity index (χ3n) is 4.84. The van der Waals surface area contributed by atoms with E-state index in [4.69, 9.17) is 11.6 Å². The van der Waals surface area contributed by atoms with Gasteiger partial charge in [-0.1, -0.05) is 41.9 Å². The monoisotopic (exact) mass is 407 g/mol. The van der Waals surface area contributed by atoms with Crippen molar-refractivity contribution >= 4 is 34.2 Å². The average molecular weight is 408 g/mol. The summed E-state index contributed by atoms with van der Waals surface area (Å²) in [6, 6.07) is 20.9. The number of aromatic nitrogens is 1. The van der Waals surface area contributed by atoms with Crippen LogP contribution in [0.4, 0.5) is 14.9 Å². The van der Waals surface area contributed by atoms with Crippen molar-refractivity contribution in [1.29, 1.82) is 0 Å². The zero-order chi connectivity index (χ0) is 20.2. The fraction of sp³-hybridized carbons (Fsp3) is 0.0870. The number of benzene rings is 3. The molecule has 6 heteroatoms. The van der Waals surface area contributed by atoms with Gasteiger partial charge < -0.3 is 15.6 Å². The molecule has 4 rings (SSSR count). The predicted molar refractivity (Wildman–Crippen MR) is 115 cm³/mol. The van der Waals surface area contributed by atoms with Gasteiger partial charge in [0.1, 0.15) is 5.82 Å². The van der Waals surface area contributed by atoms with Crippen molar-refractivity contribution in [2.75, 3.05) is 11.9 Å². The SMILES string of the molecule is O=C(NC[C@@H](c1ccc(F)cc1)c1c[nH]c2ccccc12)Nc1ccc(Cl)cc1. The third kappa shape index (κ3) is 4.41. The van der Waals surface area contributed by atoms with Crippen molar-refractivity contribution in [3.05, 3.63) is 101 Å². The molecular formula is C23H19ClFN3O. The molecule has 0 aliphatic heterocycles. The van der Waals surface area contributed by atoms with E-state index in [1.54, 1.807) is 36.4 Å². The summed E-state index contributed by atoms with van der Waals surface area (Å²) >= 11 is 5.88. The number of fused-ring (bicyclic) bond motifs is 1. The first-order valence-electron chi connectivity index (χ1n) is 9.22. The Morgan fingerprint density at radius 1 is 1.00 bits per heavy atom. The molecule has 0 fully saturated rings. The van der Waals surface area contributed by atoms with E-state index in [1.165, 1.54) is 12.1 Å². The second-order valence-electron chi connectivity index (χ2n) is 6.74.